The minimum absolute atomic E-state index is 0.186. The zero-order chi connectivity index (χ0) is 12.5. The molecule has 1 rings (SSSR count). The molecule has 1 amide bonds. The summed E-state index contributed by atoms with van der Waals surface area (Å²) >= 11 is 0. The monoisotopic (exact) mass is 234 g/mol. The molecule has 0 unspecified atom stereocenters. The number of nitrogens with zero attached hydrogens (tertiary/aromatic N) is 1. The van der Waals surface area contributed by atoms with Crippen molar-refractivity contribution in [2.45, 2.75) is 19.6 Å². The largest absolute Gasteiger partial charge is 0.431 e. The van der Waals surface area contributed by atoms with Gasteiger partial charge in [-0.2, -0.15) is 13.2 Å². The zero-order valence-electron chi connectivity index (χ0n) is 8.34. The van der Waals surface area contributed by atoms with Crippen LogP contribution < -0.4 is 11.3 Å². The third-order valence-corrected chi connectivity index (χ3v) is 2.05. The molecule has 16 heavy (non-hydrogen) atoms. The van der Waals surface area contributed by atoms with Crippen molar-refractivity contribution >= 4 is 5.91 Å². The van der Waals surface area contributed by atoms with Crippen LogP contribution in [0.1, 0.15) is 23.0 Å². The molecule has 0 spiro atoms. The topological polar surface area (TPSA) is 65.1 Å². The highest BCUT2D eigenvalue weighted by atomic mass is 19.4. The van der Waals surface area contributed by atoms with Gasteiger partial charge in [0.1, 0.15) is 11.3 Å². The Morgan fingerprint density at radius 3 is 2.38 bits per heavy atom. The van der Waals surface area contributed by atoms with E-state index in [1.807, 2.05) is 0 Å². The Morgan fingerprint density at radius 1 is 1.44 bits per heavy atom. The molecule has 0 fully saturated rings. The molecule has 0 aliphatic heterocycles. The van der Waals surface area contributed by atoms with Crippen LogP contribution in [0, 0.1) is 0 Å². The molecule has 1 heterocycles. The lowest BCUT2D eigenvalue weighted by atomic mass is 10.2. The lowest BCUT2D eigenvalue weighted by Gasteiger charge is -2.14. The maximum atomic E-state index is 12.5. The summed E-state index contributed by atoms with van der Waals surface area (Å²) in [4.78, 5) is 22.2. The fraction of sp³-hybridized carbons (Fsp3) is 0.333. The third kappa shape index (κ3) is 2.07. The van der Waals surface area contributed by atoms with Crippen LogP contribution in [0.15, 0.2) is 16.9 Å². The Kier molecular flexibility index (Phi) is 3.06. The second-order valence-electron chi connectivity index (χ2n) is 3.04. The number of nitrogens with two attached hydrogens (primary N) is 1. The van der Waals surface area contributed by atoms with Crippen LogP contribution >= 0.6 is 0 Å². The fourth-order valence-electron chi connectivity index (χ4n) is 1.33. The summed E-state index contributed by atoms with van der Waals surface area (Å²) in [6, 6.07) is 1.46. The molecule has 0 bridgehead atoms. The van der Waals surface area contributed by atoms with Crippen molar-refractivity contribution in [3.63, 3.8) is 0 Å². The van der Waals surface area contributed by atoms with Crippen LogP contribution in [0.4, 0.5) is 13.2 Å². The van der Waals surface area contributed by atoms with Crippen LogP contribution in [0.5, 0.6) is 0 Å². The number of hydrogen-bond donors (Lipinski definition) is 1. The van der Waals surface area contributed by atoms with Gasteiger partial charge in [-0.3, -0.25) is 9.59 Å². The van der Waals surface area contributed by atoms with Gasteiger partial charge < -0.3 is 10.3 Å². The normalized spacial score (nSPS) is 11.5. The van der Waals surface area contributed by atoms with Crippen LogP contribution in [0.2, 0.25) is 0 Å². The standard InChI is InChI=1S/C9H9F3N2O2/c1-2-14-6(9(10,11)12)4-3-5(7(13)15)8(14)16/h3-4H,2H2,1H3,(H2,13,15). The minimum atomic E-state index is -4.63. The molecule has 0 saturated heterocycles. The first-order valence-electron chi connectivity index (χ1n) is 4.40. The highest BCUT2D eigenvalue weighted by Gasteiger charge is 2.34. The predicted molar refractivity (Wildman–Crippen MR) is 49.9 cm³/mol. The molecule has 1 aromatic heterocycles. The molecule has 0 atom stereocenters. The maximum Gasteiger partial charge on any atom is 0.431 e. The van der Waals surface area contributed by atoms with Crippen molar-refractivity contribution in [2.24, 2.45) is 5.73 Å². The molecular weight excluding hydrogens is 225 g/mol. The second kappa shape index (κ2) is 3.99. The third-order valence-electron chi connectivity index (χ3n) is 2.05. The lowest BCUT2D eigenvalue weighted by molar-refractivity contribution is -0.144. The average molecular weight is 234 g/mol. The van der Waals surface area contributed by atoms with E-state index in [0.29, 0.717) is 10.6 Å². The highest BCUT2D eigenvalue weighted by molar-refractivity contribution is 5.92. The molecule has 0 saturated carbocycles. The van der Waals surface area contributed by atoms with E-state index in [1.165, 1.54) is 6.92 Å². The summed E-state index contributed by atoms with van der Waals surface area (Å²) in [5.74, 6) is -1.04. The molecular formula is C9H9F3N2O2. The van der Waals surface area contributed by atoms with Crippen LogP contribution in [0.25, 0.3) is 0 Å². The van der Waals surface area contributed by atoms with E-state index in [-0.39, 0.29) is 6.54 Å². The first kappa shape index (κ1) is 12.3. The Balaban J connectivity index is 3.54. The van der Waals surface area contributed by atoms with Crippen LogP contribution in [-0.2, 0) is 12.7 Å². The van der Waals surface area contributed by atoms with Gasteiger partial charge in [0.15, 0.2) is 0 Å². The number of carbonyl (C=O) groups is 1. The number of amides is 1. The number of halogens is 3. The van der Waals surface area contributed by atoms with Gasteiger partial charge in [0.2, 0.25) is 0 Å². The molecule has 2 N–H and O–H groups in total. The summed E-state index contributed by atoms with van der Waals surface area (Å²) in [6.45, 7) is 1.19. The number of hydrogen-bond acceptors (Lipinski definition) is 2. The SMILES string of the molecule is CCn1c(C(F)(F)F)ccc(C(N)=O)c1=O. The van der Waals surface area contributed by atoms with Gasteiger partial charge in [0.25, 0.3) is 11.5 Å². The van der Waals surface area contributed by atoms with E-state index in [2.05, 4.69) is 0 Å². The summed E-state index contributed by atoms with van der Waals surface area (Å²) in [5.41, 5.74) is 2.30. The Bertz CT molecular complexity index is 477. The molecule has 0 aliphatic rings. The smallest absolute Gasteiger partial charge is 0.365 e. The molecule has 0 radical (unpaired) electrons. The summed E-state index contributed by atoms with van der Waals surface area (Å²) < 4.78 is 37.9. The van der Waals surface area contributed by atoms with E-state index < -0.39 is 28.9 Å². The molecule has 1 aromatic rings. The lowest BCUT2D eigenvalue weighted by Crippen LogP contribution is -2.33. The molecule has 0 aromatic carbocycles. The Hall–Kier alpha value is -1.79. The summed E-state index contributed by atoms with van der Waals surface area (Å²) in [7, 11) is 0. The first-order chi connectivity index (χ1) is 7.29. The minimum Gasteiger partial charge on any atom is -0.365 e. The van der Waals surface area contributed by atoms with Crippen molar-refractivity contribution in [2.75, 3.05) is 0 Å². The fourth-order valence-corrected chi connectivity index (χ4v) is 1.33. The van der Waals surface area contributed by atoms with Gasteiger partial charge in [-0.05, 0) is 19.1 Å². The molecule has 4 nitrogen and oxygen atoms in total. The van der Waals surface area contributed by atoms with Crippen molar-refractivity contribution in [1.82, 2.24) is 4.57 Å². The van der Waals surface area contributed by atoms with E-state index in [4.69, 9.17) is 5.73 Å². The number of rotatable bonds is 2. The second-order valence-corrected chi connectivity index (χ2v) is 3.04. The quantitative estimate of drug-likeness (QED) is 0.829. The van der Waals surface area contributed by atoms with Gasteiger partial charge in [0.05, 0.1) is 0 Å². The van der Waals surface area contributed by atoms with Gasteiger partial charge in [-0.25, -0.2) is 0 Å². The number of aromatic nitrogens is 1. The number of pyridine rings is 1. The summed E-state index contributed by atoms with van der Waals surface area (Å²) in [5, 5.41) is 0. The summed E-state index contributed by atoms with van der Waals surface area (Å²) in [6.07, 6.45) is -4.63. The van der Waals surface area contributed by atoms with Gasteiger partial charge >= 0.3 is 6.18 Å². The first-order valence-corrected chi connectivity index (χ1v) is 4.40. The van der Waals surface area contributed by atoms with Gasteiger partial charge in [-0.1, -0.05) is 0 Å². The predicted octanol–water partition coefficient (Wildman–Crippen LogP) is 0.986. The Morgan fingerprint density at radius 2 is 2.00 bits per heavy atom. The van der Waals surface area contributed by atoms with Crippen LogP contribution in [-0.4, -0.2) is 10.5 Å². The van der Waals surface area contributed by atoms with Gasteiger partial charge in [0, 0.05) is 6.54 Å². The zero-order valence-corrected chi connectivity index (χ0v) is 8.34. The average Bonchev–Trinajstić information content (AvgIpc) is 2.15. The van der Waals surface area contributed by atoms with E-state index in [1.54, 1.807) is 0 Å². The Labute approximate surface area is 88.5 Å². The van der Waals surface area contributed by atoms with Crippen molar-refractivity contribution in [3.8, 4) is 0 Å². The van der Waals surface area contributed by atoms with Crippen molar-refractivity contribution in [3.05, 3.63) is 33.7 Å². The van der Waals surface area contributed by atoms with E-state index in [0.717, 1.165) is 6.07 Å². The molecule has 7 heteroatoms. The van der Waals surface area contributed by atoms with E-state index in [9.17, 15) is 22.8 Å². The van der Waals surface area contributed by atoms with Gasteiger partial charge in [-0.15, -0.1) is 0 Å². The van der Waals surface area contributed by atoms with E-state index >= 15 is 0 Å². The number of alkyl halides is 3. The number of carbonyl (C=O) groups excluding carboxylic acids is 1. The van der Waals surface area contributed by atoms with Crippen molar-refractivity contribution < 1.29 is 18.0 Å². The molecule has 0 aliphatic carbocycles. The molecule has 88 valence electrons. The van der Waals surface area contributed by atoms with Crippen LogP contribution in [0.3, 0.4) is 0 Å². The van der Waals surface area contributed by atoms with Crippen molar-refractivity contribution in [1.29, 1.82) is 0 Å². The number of primary amides is 1. The highest BCUT2D eigenvalue weighted by Crippen LogP contribution is 2.28. The maximum absolute atomic E-state index is 12.5.